The third kappa shape index (κ3) is 8.15. The van der Waals surface area contributed by atoms with E-state index in [-0.39, 0.29) is 0 Å². The molecule has 0 fully saturated rings. The summed E-state index contributed by atoms with van der Waals surface area (Å²) in [5.41, 5.74) is 24.3. The maximum atomic E-state index is 5.92. The molecule has 0 amide bonds. The van der Waals surface area contributed by atoms with Crippen LogP contribution >= 0.6 is 0 Å². The van der Waals surface area contributed by atoms with Gasteiger partial charge in [-0.1, -0.05) is 261 Å². The van der Waals surface area contributed by atoms with Crippen molar-refractivity contribution in [2.45, 2.75) is 0 Å². The second kappa shape index (κ2) is 21.2. The zero-order chi connectivity index (χ0) is 64.1. The SMILES string of the molecule is c1cc(-c2nc3ccc(-c4ccc5cccc6c5c4-c4ccc5ccccc5c4N6c4ccc(-c5nc6ccccc6nc5-c5cccc6ccccc56)cc4)cc3nc2-c2cc3ccccc3c3ccccc23)cc(N2c3c(ccc4ccccc34)-c3cccc4cccc2c34)c1. The van der Waals surface area contributed by atoms with E-state index in [2.05, 4.69) is 325 Å². The Kier molecular flexibility index (Phi) is 11.7. The normalized spacial score (nSPS) is 12.4. The van der Waals surface area contributed by atoms with Crippen LogP contribution in [0.5, 0.6) is 0 Å². The molecular formula is C92H54N6. The molecule has 0 radical (unpaired) electrons. The Balaban J connectivity index is 0.747. The molecule has 2 aromatic heterocycles. The summed E-state index contributed by atoms with van der Waals surface area (Å²) in [5, 5.41) is 16.5. The highest BCUT2D eigenvalue weighted by molar-refractivity contribution is 6.23. The van der Waals surface area contributed by atoms with Gasteiger partial charge in [-0.05, 0) is 137 Å². The number of aromatic nitrogens is 4. The number of rotatable bonds is 7. The van der Waals surface area contributed by atoms with Crippen molar-refractivity contribution in [2.24, 2.45) is 0 Å². The monoisotopic (exact) mass is 1240 g/mol. The number of hydrogen-bond donors (Lipinski definition) is 0. The Morgan fingerprint density at radius 3 is 1.43 bits per heavy atom. The molecule has 6 nitrogen and oxygen atoms in total. The van der Waals surface area contributed by atoms with E-state index in [4.69, 9.17) is 19.9 Å². The van der Waals surface area contributed by atoms with Gasteiger partial charge >= 0.3 is 0 Å². The van der Waals surface area contributed by atoms with Crippen molar-refractivity contribution in [3.05, 3.63) is 328 Å². The van der Waals surface area contributed by atoms with Crippen molar-refractivity contribution >= 4 is 132 Å². The molecule has 0 spiro atoms. The molecule has 2 aliphatic rings. The van der Waals surface area contributed by atoms with E-state index in [0.717, 1.165) is 145 Å². The van der Waals surface area contributed by atoms with Gasteiger partial charge in [0, 0.05) is 71.9 Å². The van der Waals surface area contributed by atoms with Crippen molar-refractivity contribution < 1.29 is 0 Å². The van der Waals surface area contributed by atoms with Crippen LogP contribution in [0.15, 0.2) is 328 Å². The standard InChI is InChI=1S/C92H54N6/c1-5-28-66-55(18-1)22-14-35-74(66)89-87(93-78-36-11-12-37-79(78)95-89)60-40-46-64(47-41-60)97-83-39-17-25-59-44-48-68(86(85(59)83)76-50-43-57-20-3-8-31-70(57)92(76)97)62-45-51-80-81(54-62)96-90(77-53-61-21-4-6-29-67(61)71-32-9-10-33-72(71)77)88(94-80)63-26-13-27-65(52-63)98-82-38-16-24-58-23-15-34-73(84(58)82)75-49-42-56-19-2-7-30-69(56)91(75)98/h1-54H. The quantitative estimate of drug-likeness (QED) is 0.148. The van der Waals surface area contributed by atoms with E-state index >= 15 is 0 Å². The van der Waals surface area contributed by atoms with Crippen LogP contribution < -0.4 is 9.80 Å². The number of fused-ring (bicyclic) bond motifs is 14. The minimum atomic E-state index is 0.811. The molecule has 0 saturated heterocycles. The fraction of sp³-hybridized carbons (Fsp3) is 0. The third-order valence-electron chi connectivity index (χ3n) is 20.6. The van der Waals surface area contributed by atoms with Gasteiger partial charge in [-0.15, -0.1) is 0 Å². The molecule has 0 unspecified atom stereocenters. The van der Waals surface area contributed by atoms with Gasteiger partial charge in [0.05, 0.1) is 67.6 Å². The highest BCUT2D eigenvalue weighted by atomic mass is 15.2. The second-order valence-electron chi connectivity index (χ2n) is 25.9. The minimum Gasteiger partial charge on any atom is -0.309 e. The minimum absolute atomic E-state index is 0.811. The average molecular weight is 1240 g/mol. The molecule has 17 aromatic carbocycles. The summed E-state index contributed by atoms with van der Waals surface area (Å²) in [6, 6.07) is 119. The summed E-state index contributed by atoms with van der Waals surface area (Å²) in [7, 11) is 0. The first-order valence-electron chi connectivity index (χ1n) is 33.5. The number of hydrogen-bond acceptors (Lipinski definition) is 6. The van der Waals surface area contributed by atoms with E-state index in [0.29, 0.717) is 0 Å². The van der Waals surface area contributed by atoms with Gasteiger partial charge in [0.2, 0.25) is 0 Å². The van der Waals surface area contributed by atoms with Crippen LogP contribution in [0, 0.1) is 0 Å². The maximum absolute atomic E-state index is 5.92. The Labute approximate surface area is 563 Å². The lowest BCUT2D eigenvalue weighted by Gasteiger charge is -2.35. The van der Waals surface area contributed by atoms with Gasteiger partial charge in [0.15, 0.2) is 0 Å². The van der Waals surface area contributed by atoms with Crippen LogP contribution in [-0.4, -0.2) is 19.9 Å². The topological polar surface area (TPSA) is 58.0 Å². The Hall–Kier alpha value is -13.2. The maximum Gasteiger partial charge on any atom is 0.0979 e. The van der Waals surface area contributed by atoms with Crippen LogP contribution in [0.2, 0.25) is 0 Å². The molecule has 6 heteroatoms. The summed E-state index contributed by atoms with van der Waals surface area (Å²) >= 11 is 0. The average Bonchev–Trinajstić information content (AvgIpc) is 0.714. The molecule has 0 N–H and O–H groups in total. The molecule has 4 heterocycles. The van der Waals surface area contributed by atoms with Crippen LogP contribution in [-0.2, 0) is 0 Å². The molecule has 0 atom stereocenters. The molecule has 0 bridgehead atoms. The summed E-state index contributed by atoms with van der Waals surface area (Å²) in [4.78, 5) is 27.4. The van der Waals surface area contributed by atoms with Crippen LogP contribution in [0.4, 0.5) is 34.1 Å². The molecular weight excluding hydrogens is 1190 g/mol. The smallest absolute Gasteiger partial charge is 0.0979 e. The molecule has 0 aliphatic carbocycles. The van der Waals surface area contributed by atoms with Crippen LogP contribution in [0.1, 0.15) is 0 Å². The number of benzene rings is 17. The van der Waals surface area contributed by atoms with Crippen molar-refractivity contribution in [3.63, 3.8) is 0 Å². The number of anilines is 6. The molecule has 0 saturated carbocycles. The largest absolute Gasteiger partial charge is 0.309 e. The van der Waals surface area contributed by atoms with Gasteiger partial charge in [0.1, 0.15) is 0 Å². The summed E-state index contributed by atoms with van der Waals surface area (Å²) in [5.74, 6) is 0. The van der Waals surface area contributed by atoms with E-state index < -0.39 is 0 Å². The van der Waals surface area contributed by atoms with Crippen molar-refractivity contribution in [1.29, 1.82) is 0 Å². The third-order valence-corrected chi connectivity index (χ3v) is 20.6. The lowest BCUT2D eigenvalue weighted by molar-refractivity contribution is 1.28. The van der Waals surface area contributed by atoms with Gasteiger partial charge in [-0.2, -0.15) is 0 Å². The molecule has 98 heavy (non-hydrogen) atoms. The van der Waals surface area contributed by atoms with E-state index in [1.165, 1.54) is 65.5 Å². The highest BCUT2D eigenvalue weighted by Crippen LogP contribution is 2.58. The molecule has 21 rings (SSSR count). The van der Waals surface area contributed by atoms with Crippen molar-refractivity contribution in [2.75, 3.05) is 9.80 Å². The predicted octanol–water partition coefficient (Wildman–Crippen LogP) is 24.9. The fourth-order valence-electron chi connectivity index (χ4n) is 16.2. The fourth-order valence-corrected chi connectivity index (χ4v) is 16.2. The highest BCUT2D eigenvalue weighted by Gasteiger charge is 2.32. The number of nitrogens with zero attached hydrogens (tertiary/aromatic N) is 6. The predicted molar refractivity (Wildman–Crippen MR) is 410 cm³/mol. The Morgan fingerprint density at radius 2 is 0.684 bits per heavy atom. The first kappa shape index (κ1) is 54.3. The van der Waals surface area contributed by atoms with Crippen molar-refractivity contribution in [1.82, 2.24) is 19.9 Å². The van der Waals surface area contributed by atoms with E-state index in [9.17, 15) is 0 Å². The lowest BCUT2D eigenvalue weighted by atomic mass is 9.83. The van der Waals surface area contributed by atoms with Crippen LogP contribution in [0.3, 0.4) is 0 Å². The van der Waals surface area contributed by atoms with Gasteiger partial charge < -0.3 is 9.80 Å². The Morgan fingerprint density at radius 1 is 0.204 bits per heavy atom. The first-order chi connectivity index (χ1) is 48.6. The molecule has 19 aromatic rings. The second-order valence-corrected chi connectivity index (χ2v) is 25.9. The van der Waals surface area contributed by atoms with Gasteiger partial charge in [0.25, 0.3) is 0 Å². The van der Waals surface area contributed by atoms with E-state index in [1.54, 1.807) is 0 Å². The van der Waals surface area contributed by atoms with Crippen LogP contribution in [0.25, 0.3) is 176 Å². The lowest BCUT2D eigenvalue weighted by Crippen LogP contribution is -2.16. The molecule has 2 aliphatic heterocycles. The number of para-hydroxylation sites is 2. The summed E-state index contributed by atoms with van der Waals surface area (Å²) in [6.45, 7) is 0. The Bertz CT molecular complexity index is 6640. The summed E-state index contributed by atoms with van der Waals surface area (Å²) in [6.07, 6.45) is 0. The zero-order valence-corrected chi connectivity index (χ0v) is 52.9. The summed E-state index contributed by atoms with van der Waals surface area (Å²) < 4.78 is 0. The van der Waals surface area contributed by atoms with E-state index in [1.807, 2.05) is 12.1 Å². The van der Waals surface area contributed by atoms with Gasteiger partial charge in [-0.25, -0.2) is 19.9 Å². The molecule has 452 valence electrons. The first-order valence-corrected chi connectivity index (χ1v) is 33.5. The zero-order valence-electron chi connectivity index (χ0n) is 52.9. The van der Waals surface area contributed by atoms with Gasteiger partial charge in [-0.3, -0.25) is 0 Å². The van der Waals surface area contributed by atoms with Crippen molar-refractivity contribution in [3.8, 4) is 78.4 Å².